The Morgan fingerprint density at radius 2 is 1.62 bits per heavy atom. The Labute approximate surface area is 94.5 Å². The zero-order valence-corrected chi connectivity index (χ0v) is 9.66. The van der Waals surface area contributed by atoms with Crippen LogP contribution < -0.4 is 0 Å². The van der Waals surface area contributed by atoms with Crippen LogP contribution in [-0.4, -0.2) is 11.1 Å². The predicted octanol–water partition coefficient (Wildman–Crippen LogP) is 3.46. The molecule has 2 nitrogen and oxygen atoms in total. The highest BCUT2D eigenvalue weighted by molar-refractivity contribution is 6.04. The summed E-state index contributed by atoms with van der Waals surface area (Å²) in [6, 6.07) is 7.74. The molecule has 0 aromatic heterocycles. The van der Waals surface area contributed by atoms with Crippen LogP contribution in [0.15, 0.2) is 24.3 Å². The number of benzene rings is 2. The van der Waals surface area contributed by atoms with Gasteiger partial charge in [0, 0.05) is 0 Å². The van der Waals surface area contributed by atoms with E-state index in [1.165, 1.54) is 5.56 Å². The number of aromatic carboxylic acids is 1. The highest BCUT2D eigenvalue weighted by atomic mass is 16.4. The van der Waals surface area contributed by atoms with Gasteiger partial charge < -0.3 is 5.11 Å². The van der Waals surface area contributed by atoms with E-state index >= 15 is 0 Å². The first-order valence-corrected chi connectivity index (χ1v) is 5.24. The van der Waals surface area contributed by atoms with Crippen molar-refractivity contribution in [2.45, 2.75) is 20.8 Å². The van der Waals surface area contributed by atoms with Crippen molar-refractivity contribution in [1.82, 2.24) is 0 Å². The molecule has 0 bridgehead atoms. The van der Waals surface area contributed by atoms with Gasteiger partial charge >= 0.3 is 5.97 Å². The zero-order chi connectivity index (χ0) is 11.9. The first-order chi connectivity index (χ1) is 7.49. The van der Waals surface area contributed by atoms with Crippen LogP contribution in [-0.2, 0) is 0 Å². The average Bonchev–Trinajstić information content (AvgIpc) is 2.19. The number of carboxylic acids is 1. The molecule has 0 saturated heterocycles. The van der Waals surface area contributed by atoms with Crippen LogP contribution in [0.25, 0.3) is 10.8 Å². The Hall–Kier alpha value is -1.83. The molecule has 16 heavy (non-hydrogen) atoms. The van der Waals surface area contributed by atoms with E-state index in [1.807, 2.05) is 39.0 Å². The maximum Gasteiger partial charge on any atom is 0.336 e. The smallest absolute Gasteiger partial charge is 0.336 e. The van der Waals surface area contributed by atoms with E-state index in [1.54, 1.807) is 6.07 Å². The molecule has 0 saturated carbocycles. The zero-order valence-electron chi connectivity index (χ0n) is 9.66. The fourth-order valence-corrected chi connectivity index (χ4v) is 1.96. The lowest BCUT2D eigenvalue weighted by Gasteiger charge is -2.08. The number of carbonyl (C=O) groups is 1. The monoisotopic (exact) mass is 214 g/mol. The third-order valence-electron chi connectivity index (χ3n) is 2.94. The van der Waals surface area contributed by atoms with Gasteiger partial charge in [0.05, 0.1) is 5.56 Å². The predicted molar refractivity (Wildman–Crippen MR) is 65.1 cm³/mol. The molecular weight excluding hydrogens is 200 g/mol. The Morgan fingerprint density at radius 1 is 1.00 bits per heavy atom. The average molecular weight is 214 g/mol. The molecule has 1 N–H and O–H groups in total. The highest BCUT2D eigenvalue weighted by Crippen LogP contribution is 2.24. The molecule has 0 spiro atoms. The molecule has 0 aliphatic carbocycles. The van der Waals surface area contributed by atoms with Gasteiger partial charge in [-0.25, -0.2) is 4.79 Å². The Bertz CT molecular complexity index is 583. The van der Waals surface area contributed by atoms with Gasteiger partial charge in [-0.3, -0.25) is 0 Å². The lowest BCUT2D eigenvalue weighted by atomic mass is 9.97. The van der Waals surface area contributed by atoms with Crippen molar-refractivity contribution in [3.05, 3.63) is 46.5 Å². The van der Waals surface area contributed by atoms with Crippen molar-refractivity contribution in [3.63, 3.8) is 0 Å². The number of hydrogen-bond acceptors (Lipinski definition) is 1. The molecule has 0 fully saturated rings. The van der Waals surface area contributed by atoms with E-state index in [4.69, 9.17) is 5.11 Å². The Morgan fingerprint density at radius 3 is 2.25 bits per heavy atom. The minimum atomic E-state index is -0.864. The van der Waals surface area contributed by atoms with Gasteiger partial charge in [-0.1, -0.05) is 18.2 Å². The molecule has 2 aromatic rings. The van der Waals surface area contributed by atoms with E-state index in [0.717, 1.165) is 21.9 Å². The quantitative estimate of drug-likeness (QED) is 0.789. The molecule has 2 rings (SSSR count). The van der Waals surface area contributed by atoms with Crippen LogP contribution >= 0.6 is 0 Å². The van der Waals surface area contributed by atoms with Crippen molar-refractivity contribution in [1.29, 1.82) is 0 Å². The van der Waals surface area contributed by atoms with Crippen molar-refractivity contribution in [2.75, 3.05) is 0 Å². The summed E-state index contributed by atoms with van der Waals surface area (Å²) in [5.41, 5.74) is 3.68. The van der Waals surface area contributed by atoms with E-state index in [0.29, 0.717) is 5.56 Å². The summed E-state index contributed by atoms with van der Waals surface area (Å²) in [5, 5.41) is 11.0. The largest absolute Gasteiger partial charge is 0.478 e. The van der Waals surface area contributed by atoms with Crippen molar-refractivity contribution in [3.8, 4) is 0 Å². The fourth-order valence-electron chi connectivity index (χ4n) is 1.96. The third kappa shape index (κ3) is 1.67. The van der Waals surface area contributed by atoms with Gasteiger partial charge in [-0.05, 0) is 54.3 Å². The fraction of sp³-hybridized carbons (Fsp3) is 0.214. The first kappa shape index (κ1) is 10.7. The van der Waals surface area contributed by atoms with Gasteiger partial charge in [-0.15, -0.1) is 0 Å². The van der Waals surface area contributed by atoms with Gasteiger partial charge in [-0.2, -0.15) is 0 Å². The third-order valence-corrected chi connectivity index (χ3v) is 2.94. The topological polar surface area (TPSA) is 37.3 Å². The van der Waals surface area contributed by atoms with Crippen LogP contribution in [0.1, 0.15) is 27.0 Å². The van der Waals surface area contributed by atoms with Crippen molar-refractivity contribution < 1.29 is 9.90 Å². The SMILES string of the molecule is Cc1cc(C(=O)O)c2cc(C)c(C)cc2c1. The summed E-state index contributed by atoms with van der Waals surface area (Å²) in [4.78, 5) is 11.2. The molecule has 82 valence electrons. The summed E-state index contributed by atoms with van der Waals surface area (Å²) in [7, 11) is 0. The standard InChI is InChI=1S/C14H14O2/c1-8-4-11-6-9(2)10(3)7-12(11)13(5-8)14(15)16/h4-7H,1-3H3,(H,15,16). The van der Waals surface area contributed by atoms with Crippen LogP contribution in [0.4, 0.5) is 0 Å². The molecule has 0 radical (unpaired) electrons. The second-order valence-electron chi connectivity index (χ2n) is 4.28. The van der Waals surface area contributed by atoms with E-state index in [-0.39, 0.29) is 0 Å². The number of hydrogen-bond donors (Lipinski definition) is 1. The number of carboxylic acid groups (broad SMARTS) is 1. The summed E-state index contributed by atoms with van der Waals surface area (Å²) in [6.45, 7) is 5.96. The Balaban J connectivity index is 2.90. The van der Waals surface area contributed by atoms with Crippen LogP contribution in [0.3, 0.4) is 0 Å². The summed E-state index contributed by atoms with van der Waals surface area (Å²) in [5.74, 6) is -0.864. The summed E-state index contributed by atoms with van der Waals surface area (Å²) < 4.78 is 0. The summed E-state index contributed by atoms with van der Waals surface area (Å²) in [6.07, 6.45) is 0. The van der Waals surface area contributed by atoms with Crippen LogP contribution in [0.5, 0.6) is 0 Å². The van der Waals surface area contributed by atoms with Gasteiger partial charge in [0.15, 0.2) is 0 Å². The van der Waals surface area contributed by atoms with E-state index in [2.05, 4.69) is 0 Å². The molecule has 2 heteroatoms. The van der Waals surface area contributed by atoms with Crippen molar-refractivity contribution >= 4 is 16.7 Å². The second kappa shape index (κ2) is 3.63. The van der Waals surface area contributed by atoms with Gasteiger partial charge in [0.2, 0.25) is 0 Å². The van der Waals surface area contributed by atoms with Crippen LogP contribution in [0, 0.1) is 20.8 Å². The maximum atomic E-state index is 11.2. The number of fused-ring (bicyclic) bond motifs is 1. The van der Waals surface area contributed by atoms with Crippen molar-refractivity contribution in [2.24, 2.45) is 0 Å². The molecule has 0 amide bonds. The lowest BCUT2D eigenvalue weighted by molar-refractivity contribution is 0.0699. The molecule has 0 heterocycles. The normalized spacial score (nSPS) is 10.7. The number of aryl methyl sites for hydroxylation is 3. The molecule has 0 unspecified atom stereocenters. The molecule has 0 aliphatic rings. The molecule has 0 aliphatic heterocycles. The highest BCUT2D eigenvalue weighted by Gasteiger charge is 2.10. The molecule has 0 atom stereocenters. The van der Waals surface area contributed by atoms with Gasteiger partial charge in [0.25, 0.3) is 0 Å². The minimum absolute atomic E-state index is 0.387. The molecular formula is C14H14O2. The Kier molecular flexibility index (Phi) is 2.43. The second-order valence-corrected chi connectivity index (χ2v) is 4.28. The first-order valence-electron chi connectivity index (χ1n) is 5.24. The lowest BCUT2D eigenvalue weighted by Crippen LogP contribution is -1.99. The van der Waals surface area contributed by atoms with Crippen LogP contribution in [0.2, 0.25) is 0 Å². The van der Waals surface area contributed by atoms with Gasteiger partial charge in [0.1, 0.15) is 0 Å². The van der Waals surface area contributed by atoms with E-state index in [9.17, 15) is 4.79 Å². The number of rotatable bonds is 1. The molecule has 2 aromatic carbocycles. The summed E-state index contributed by atoms with van der Waals surface area (Å²) >= 11 is 0. The maximum absolute atomic E-state index is 11.2. The van der Waals surface area contributed by atoms with E-state index < -0.39 is 5.97 Å². The minimum Gasteiger partial charge on any atom is -0.478 e.